The molecule has 2 N–H and O–H groups in total. The zero-order chi connectivity index (χ0) is 13.8. The number of aromatic hydroxyl groups is 1. The van der Waals surface area contributed by atoms with Crippen molar-refractivity contribution in [3.8, 4) is 5.75 Å². The molecule has 0 saturated carbocycles. The summed E-state index contributed by atoms with van der Waals surface area (Å²) in [7, 11) is 0. The van der Waals surface area contributed by atoms with Crippen LogP contribution in [-0.4, -0.2) is 16.8 Å². The second-order valence-corrected chi connectivity index (χ2v) is 5.38. The van der Waals surface area contributed by atoms with E-state index in [9.17, 15) is 14.7 Å². The second kappa shape index (κ2) is 5.67. The summed E-state index contributed by atoms with van der Waals surface area (Å²) in [5.41, 5.74) is 0.739. The van der Waals surface area contributed by atoms with Gasteiger partial charge in [-0.3, -0.25) is 9.59 Å². The number of aryl methyl sites for hydroxylation is 1. The van der Waals surface area contributed by atoms with Crippen LogP contribution in [-0.2, 0) is 11.3 Å². The molecule has 0 atom stereocenters. The summed E-state index contributed by atoms with van der Waals surface area (Å²) in [5.74, 6) is -1.03. The first-order valence-corrected chi connectivity index (χ1v) is 6.55. The summed E-state index contributed by atoms with van der Waals surface area (Å²) in [6, 6.07) is 9.99. The zero-order valence-corrected chi connectivity index (χ0v) is 11.2. The zero-order valence-electron chi connectivity index (χ0n) is 10.3. The average Bonchev–Trinajstić information content (AvgIpc) is 2.82. The van der Waals surface area contributed by atoms with E-state index in [1.54, 1.807) is 36.4 Å². The van der Waals surface area contributed by atoms with Gasteiger partial charge in [-0.2, -0.15) is 0 Å². The number of ketones is 1. The number of nitrogens with one attached hydrogen (secondary N) is 1. The van der Waals surface area contributed by atoms with Gasteiger partial charge < -0.3 is 10.4 Å². The molecule has 2 aromatic rings. The third kappa shape index (κ3) is 3.42. The lowest BCUT2D eigenvalue weighted by atomic mass is 10.2. The second-order valence-electron chi connectivity index (χ2n) is 4.09. The van der Waals surface area contributed by atoms with Crippen molar-refractivity contribution in [3.63, 3.8) is 0 Å². The van der Waals surface area contributed by atoms with Gasteiger partial charge in [0.1, 0.15) is 5.75 Å². The molecule has 98 valence electrons. The van der Waals surface area contributed by atoms with Gasteiger partial charge in [-0.15, -0.1) is 11.3 Å². The number of rotatable bonds is 4. The molecule has 4 nitrogen and oxygen atoms in total. The summed E-state index contributed by atoms with van der Waals surface area (Å²) in [6.45, 7) is 2.09. The molecule has 0 radical (unpaired) electrons. The lowest BCUT2D eigenvalue weighted by molar-refractivity contribution is -0.117. The van der Waals surface area contributed by atoms with Crippen LogP contribution in [0.2, 0.25) is 0 Å². The molecule has 1 heterocycles. The van der Waals surface area contributed by atoms with Crippen LogP contribution < -0.4 is 5.32 Å². The standard InChI is InChI=1S/C14H13NO3S/c1-9-5-6-12(19-9)13(17)14(18)15-8-10-3-2-4-11(16)7-10/h2-7,16H,8H2,1H3,(H,15,18). The molecule has 2 rings (SSSR count). The van der Waals surface area contributed by atoms with Crippen molar-refractivity contribution >= 4 is 23.0 Å². The number of amides is 1. The Kier molecular flexibility index (Phi) is 3.97. The molecule has 5 heteroatoms. The topological polar surface area (TPSA) is 66.4 Å². The molecule has 1 aromatic heterocycles. The number of Topliss-reactive ketones (excluding diaryl/α,β-unsaturated/α-hetero) is 1. The minimum absolute atomic E-state index is 0.131. The highest BCUT2D eigenvalue weighted by molar-refractivity contribution is 7.14. The maximum absolute atomic E-state index is 11.8. The van der Waals surface area contributed by atoms with E-state index in [-0.39, 0.29) is 12.3 Å². The molecule has 0 fully saturated rings. The molecule has 0 spiro atoms. The van der Waals surface area contributed by atoms with Crippen LogP contribution in [0.15, 0.2) is 36.4 Å². The molecule has 1 aromatic carbocycles. The Labute approximate surface area is 114 Å². The van der Waals surface area contributed by atoms with Gasteiger partial charge in [0.05, 0.1) is 4.88 Å². The van der Waals surface area contributed by atoms with E-state index in [0.29, 0.717) is 4.88 Å². The number of hydrogen-bond donors (Lipinski definition) is 2. The van der Waals surface area contributed by atoms with Crippen molar-refractivity contribution in [1.29, 1.82) is 0 Å². The lowest BCUT2D eigenvalue weighted by Gasteiger charge is -2.04. The van der Waals surface area contributed by atoms with Crippen molar-refractivity contribution in [2.75, 3.05) is 0 Å². The fraction of sp³-hybridized carbons (Fsp3) is 0.143. The van der Waals surface area contributed by atoms with E-state index in [2.05, 4.69) is 5.32 Å². The Morgan fingerprint density at radius 2 is 2.05 bits per heavy atom. The molecule has 0 saturated heterocycles. The van der Waals surface area contributed by atoms with Gasteiger partial charge >= 0.3 is 0 Å². The SMILES string of the molecule is Cc1ccc(C(=O)C(=O)NCc2cccc(O)c2)s1. The smallest absolute Gasteiger partial charge is 0.293 e. The van der Waals surface area contributed by atoms with E-state index >= 15 is 0 Å². The highest BCUT2D eigenvalue weighted by atomic mass is 32.1. The Morgan fingerprint density at radius 1 is 1.26 bits per heavy atom. The molecule has 0 aliphatic carbocycles. The lowest BCUT2D eigenvalue weighted by Crippen LogP contribution is -2.30. The normalized spacial score (nSPS) is 10.2. The van der Waals surface area contributed by atoms with E-state index in [4.69, 9.17) is 0 Å². The quantitative estimate of drug-likeness (QED) is 0.664. The Balaban J connectivity index is 1.96. The first kappa shape index (κ1) is 13.3. The van der Waals surface area contributed by atoms with Crippen LogP contribution in [0.25, 0.3) is 0 Å². The number of phenols is 1. The maximum atomic E-state index is 11.8. The minimum atomic E-state index is -0.634. The van der Waals surface area contributed by atoms with E-state index in [0.717, 1.165) is 10.4 Å². The number of thiophene rings is 1. The molecular formula is C14H13NO3S. The Bertz CT molecular complexity index is 619. The van der Waals surface area contributed by atoms with Crippen LogP contribution in [0.1, 0.15) is 20.1 Å². The molecule has 19 heavy (non-hydrogen) atoms. The predicted molar refractivity (Wildman–Crippen MR) is 73.3 cm³/mol. The Hall–Kier alpha value is -2.14. The summed E-state index contributed by atoms with van der Waals surface area (Å²) in [4.78, 5) is 24.9. The molecule has 1 amide bonds. The van der Waals surface area contributed by atoms with Crippen LogP contribution >= 0.6 is 11.3 Å². The third-order valence-corrected chi connectivity index (χ3v) is 3.53. The number of phenolic OH excluding ortho intramolecular Hbond substituents is 1. The summed E-state index contributed by atoms with van der Waals surface area (Å²) < 4.78 is 0. The van der Waals surface area contributed by atoms with Crippen molar-refractivity contribution in [2.24, 2.45) is 0 Å². The van der Waals surface area contributed by atoms with E-state index in [1.807, 2.05) is 6.92 Å². The van der Waals surface area contributed by atoms with Crippen LogP contribution in [0.3, 0.4) is 0 Å². The predicted octanol–water partition coefficient (Wildman–Crippen LogP) is 2.26. The van der Waals surface area contributed by atoms with Gasteiger partial charge in [0, 0.05) is 11.4 Å². The monoisotopic (exact) mass is 275 g/mol. The highest BCUT2D eigenvalue weighted by Gasteiger charge is 2.17. The fourth-order valence-electron chi connectivity index (χ4n) is 1.60. The van der Waals surface area contributed by atoms with Gasteiger partial charge in [-0.25, -0.2) is 0 Å². The van der Waals surface area contributed by atoms with Crippen LogP contribution in [0, 0.1) is 6.92 Å². The summed E-state index contributed by atoms with van der Waals surface area (Å²) in [5, 5.41) is 11.8. The number of hydrogen-bond acceptors (Lipinski definition) is 4. The van der Waals surface area contributed by atoms with Crippen molar-refractivity contribution in [3.05, 3.63) is 51.7 Å². The summed E-state index contributed by atoms with van der Waals surface area (Å²) in [6.07, 6.45) is 0. The fourth-order valence-corrected chi connectivity index (χ4v) is 2.40. The van der Waals surface area contributed by atoms with E-state index < -0.39 is 11.7 Å². The van der Waals surface area contributed by atoms with Crippen LogP contribution in [0.5, 0.6) is 5.75 Å². The minimum Gasteiger partial charge on any atom is -0.508 e. The number of benzene rings is 1. The Morgan fingerprint density at radius 3 is 2.68 bits per heavy atom. The van der Waals surface area contributed by atoms with E-state index in [1.165, 1.54) is 11.3 Å². The highest BCUT2D eigenvalue weighted by Crippen LogP contribution is 2.15. The number of carbonyl (C=O) groups excluding carboxylic acids is 2. The average molecular weight is 275 g/mol. The first-order chi connectivity index (χ1) is 9.06. The largest absolute Gasteiger partial charge is 0.508 e. The maximum Gasteiger partial charge on any atom is 0.293 e. The van der Waals surface area contributed by atoms with Crippen LogP contribution in [0.4, 0.5) is 0 Å². The summed E-state index contributed by atoms with van der Waals surface area (Å²) >= 11 is 1.30. The number of carbonyl (C=O) groups is 2. The van der Waals surface area contributed by atoms with Gasteiger partial charge in [0.2, 0.25) is 0 Å². The van der Waals surface area contributed by atoms with Crippen molar-refractivity contribution in [1.82, 2.24) is 5.32 Å². The van der Waals surface area contributed by atoms with Gasteiger partial charge in [0.25, 0.3) is 11.7 Å². The third-order valence-electron chi connectivity index (χ3n) is 2.53. The van der Waals surface area contributed by atoms with Crippen molar-refractivity contribution in [2.45, 2.75) is 13.5 Å². The van der Waals surface area contributed by atoms with Crippen molar-refractivity contribution < 1.29 is 14.7 Å². The molecule has 0 bridgehead atoms. The van der Waals surface area contributed by atoms with Gasteiger partial charge in [0.15, 0.2) is 0 Å². The molecule has 0 aliphatic heterocycles. The molecule has 0 aliphatic rings. The van der Waals surface area contributed by atoms with Gasteiger partial charge in [-0.1, -0.05) is 12.1 Å². The molecule has 0 unspecified atom stereocenters. The molecular weight excluding hydrogens is 262 g/mol. The first-order valence-electron chi connectivity index (χ1n) is 5.73. The van der Waals surface area contributed by atoms with Gasteiger partial charge in [-0.05, 0) is 36.8 Å².